The third-order valence-corrected chi connectivity index (χ3v) is 4.43. The van der Waals surface area contributed by atoms with Crippen molar-refractivity contribution in [3.8, 4) is 11.3 Å². The van der Waals surface area contributed by atoms with E-state index in [-0.39, 0.29) is 11.9 Å². The van der Waals surface area contributed by atoms with Gasteiger partial charge in [0, 0.05) is 24.2 Å². The van der Waals surface area contributed by atoms with E-state index >= 15 is 0 Å². The molecule has 2 heterocycles. The van der Waals surface area contributed by atoms with Gasteiger partial charge in [-0.25, -0.2) is 4.68 Å². The molecule has 0 radical (unpaired) electrons. The van der Waals surface area contributed by atoms with Gasteiger partial charge in [-0.05, 0) is 18.6 Å². The first-order chi connectivity index (χ1) is 11.8. The number of rotatable bonds is 3. The van der Waals surface area contributed by atoms with E-state index in [1.54, 1.807) is 0 Å². The molecule has 0 saturated carbocycles. The zero-order valence-electron chi connectivity index (χ0n) is 13.2. The third kappa shape index (κ3) is 2.80. The van der Waals surface area contributed by atoms with Crippen LogP contribution in [-0.2, 0) is 0 Å². The summed E-state index contributed by atoms with van der Waals surface area (Å²) < 4.78 is 1.89. The van der Waals surface area contributed by atoms with Crippen molar-refractivity contribution in [1.82, 2.24) is 19.9 Å². The summed E-state index contributed by atoms with van der Waals surface area (Å²) in [6.07, 6.45) is 2.87. The van der Waals surface area contributed by atoms with Crippen molar-refractivity contribution in [2.24, 2.45) is 0 Å². The number of nitrogens with zero attached hydrogens (tertiary/aromatic N) is 4. The van der Waals surface area contributed by atoms with Gasteiger partial charge in [0.2, 0.25) is 0 Å². The second-order valence-corrected chi connectivity index (χ2v) is 6.01. The molecule has 4 rings (SSSR count). The lowest BCUT2D eigenvalue weighted by Gasteiger charge is -2.16. The number of amides is 1. The molecule has 1 aromatic heterocycles. The largest absolute Gasteiger partial charge is 0.336 e. The Morgan fingerprint density at radius 3 is 2.46 bits per heavy atom. The van der Waals surface area contributed by atoms with Gasteiger partial charge in [-0.15, -0.1) is 5.10 Å². The molecule has 0 N–H and O–H groups in total. The minimum atomic E-state index is 0.0847. The van der Waals surface area contributed by atoms with Crippen LogP contribution in [0.15, 0.2) is 66.9 Å². The van der Waals surface area contributed by atoms with Crippen LogP contribution in [0.25, 0.3) is 11.3 Å². The molecule has 0 spiro atoms. The zero-order valence-corrected chi connectivity index (χ0v) is 13.2. The number of hydrogen-bond acceptors (Lipinski definition) is 3. The molecule has 120 valence electrons. The van der Waals surface area contributed by atoms with Gasteiger partial charge >= 0.3 is 0 Å². The Morgan fingerprint density at radius 2 is 1.71 bits per heavy atom. The molecule has 1 fully saturated rings. The van der Waals surface area contributed by atoms with Crippen molar-refractivity contribution < 1.29 is 4.79 Å². The van der Waals surface area contributed by atoms with Crippen LogP contribution in [0, 0.1) is 0 Å². The SMILES string of the molecule is O=C(c1ccccc1)N1CCC(n2cc(-c3ccccc3)nn2)C1. The average molecular weight is 318 g/mol. The Bertz CT molecular complexity index is 829. The Kier molecular flexibility index (Phi) is 3.83. The van der Waals surface area contributed by atoms with Gasteiger partial charge in [-0.1, -0.05) is 53.7 Å². The molecule has 5 heteroatoms. The number of carbonyl (C=O) groups excluding carboxylic acids is 1. The molecule has 1 unspecified atom stereocenters. The predicted octanol–water partition coefficient (Wildman–Crippen LogP) is 3.03. The molecule has 1 aliphatic heterocycles. The molecule has 1 amide bonds. The monoisotopic (exact) mass is 318 g/mol. The van der Waals surface area contributed by atoms with Gasteiger partial charge in [0.15, 0.2) is 0 Å². The number of aromatic nitrogens is 3. The van der Waals surface area contributed by atoms with E-state index < -0.39 is 0 Å². The van der Waals surface area contributed by atoms with Crippen LogP contribution in [0.3, 0.4) is 0 Å². The van der Waals surface area contributed by atoms with E-state index in [9.17, 15) is 4.79 Å². The van der Waals surface area contributed by atoms with Crippen LogP contribution < -0.4 is 0 Å². The van der Waals surface area contributed by atoms with Crippen LogP contribution in [0.5, 0.6) is 0 Å². The van der Waals surface area contributed by atoms with Gasteiger partial charge < -0.3 is 4.90 Å². The first-order valence-electron chi connectivity index (χ1n) is 8.13. The lowest BCUT2D eigenvalue weighted by Crippen LogP contribution is -2.29. The standard InChI is InChI=1S/C19H18N4O/c24-19(16-9-5-2-6-10-16)22-12-11-17(13-22)23-14-18(20-21-23)15-7-3-1-4-8-15/h1-10,14,17H,11-13H2. The Morgan fingerprint density at radius 1 is 1.00 bits per heavy atom. The molecule has 0 aliphatic carbocycles. The van der Waals surface area contributed by atoms with Crippen LogP contribution in [0.1, 0.15) is 22.8 Å². The van der Waals surface area contributed by atoms with Crippen molar-refractivity contribution >= 4 is 5.91 Å². The van der Waals surface area contributed by atoms with E-state index in [0.29, 0.717) is 6.54 Å². The van der Waals surface area contributed by atoms with Gasteiger partial charge in [0.05, 0.1) is 12.2 Å². The Balaban J connectivity index is 1.48. The predicted molar refractivity (Wildman–Crippen MR) is 91.5 cm³/mol. The topological polar surface area (TPSA) is 51.0 Å². The molecule has 0 bridgehead atoms. The fourth-order valence-electron chi connectivity index (χ4n) is 3.10. The lowest BCUT2D eigenvalue weighted by atomic mass is 10.2. The quantitative estimate of drug-likeness (QED) is 0.746. The molecule has 1 atom stereocenters. The van der Waals surface area contributed by atoms with E-state index in [0.717, 1.165) is 29.8 Å². The molecule has 2 aromatic carbocycles. The van der Waals surface area contributed by atoms with Crippen LogP contribution in [-0.4, -0.2) is 38.9 Å². The van der Waals surface area contributed by atoms with Gasteiger partial charge in [0.25, 0.3) is 5.91 Å². The fraction of sp³-hybridized carbons (Fsp3) is 0.211. The number of likely N-dealkylation sites (tertiary alicyclic amines) is 1. The molecule has 1 saturated heterocycles. The highest BCUT2D eigenvalue weighted by molar-refractivity contribution is 5.94. The van der Waals surface area contributed by atoms with Gasteiger partial charge in [-0.2, -0.15) is 0 Å². The van der Waals surface area contributed by atoms with E-state index in [1.165, 1.54) is 0 Å². The minimum Gasteiger partial charge on any atom is -0.336 e. The second-order valence-electron chi connectivity index (χ2n) is 6.01. The highest BCUT2D eigenvalue weighted by Gasteiger charge is 2.28. The fourth-order valence-corrected chi connectivity index (χ4v) is 3.10. The third-order valence-electron chi connectivity index (χ3n) is 4.43. The summed E-state index contributed by atoms with van der Waals surface area (Å²) in [4.78, 5) is 14.4. The highest BCUT2D eigenvalue weighted by atomic mass is 16.2. The molecular formula is C19H18N4O. The summed E-state index contributed by atoms with van der Waals surface area (Å²) in [5.41, 5.74) is 2.66. The van der Waals surface area contributed by atoms with Crippen molar-refractivity contribution in [2.75, 3.05) is 13.1 Å². The number of benzene rings is 2. The summed E-state index contributed by atoms with van der Waals surface area (Å²) >= 11 is 0. The second kappa shape index (κ2) is 6.28. The molecule has 5 nitrogen and oxygen atoms in total. The molecular weight excluding hydrogens is 300 g/mol. The van der Waals surface area contributed by atoms with E-state index in [2.05, 4.69) is 10.3 Å². The lowest BCUT2D eigenvalue weighted by molar-refractivity contribution is 0.0787. The van der Waals surface area contributed by atoms with Crippen molar-refractivity contribution in [1.29, 1.82) is 0 Å². The molecule has 1 aliphatic rings. The summed E-state index contributed by atoms with van der Waals surface area (Å²) in [6.45, 7) is 1.42. The Hall–Kier alpha value is -2.95. The maximum atomic E-state index is 12.5. The van der Waals surface area contributed by atoms with Gasteiger partial charge in [-0.3, -0.25) is 4.79 Å². The number of carbonyl (C=O) groups is 1. The number of hydrogen-bond donors (Lipinski definition) is 0. The smallest absolute Gasteiger partial charge is 0.253 e. The first-order valence-corrected chi connectivity index (χ1v) is 8.13. The van der Waals surface area contributed by atoms with E-state index in [4.69, 9.17) is 0 Å². The Labute approximate surface area is 140 Å². The summed E-state index contributed by atoms with van der Waals surface area (Å²) in [5.74, 6) is 0.0847. The van der Waals surface area contributed by atoms with Crippen molar-refractivity contribution in [3.05, 3.63) is 72.4 Å². The van der Waals surface area contributed by atoms with Crippen LogP contribution in [0.4, 0.5) is 0 Å². The summed E-state index contributed by atoms with van der Waals surface area (Å²) in [5, 5.41) is 8.54. The molecule has 3 aromatic rings. The summed E-state index contributed by atoms with van der Waals surface area (Å²) in [7, 11) is 0. The zero-order chi connectivity index (χ0) is 16.4. The highest BCUT2D eigenvalue weighted by Crippen LogP contribution is 2.24. The average Bonchev–Trinajstić information content (AvgIpc) is 3.32. The first kappa shape index (κ1) is 14.6. The maximum absolute atomic E-state index is 12.5. The summed E-state index contributed by atoms with van der Waals surface area (Å²) in [6, 6.07) is 19.6. The van der Waals surface area contributed by atoms with Crippen molar-refractivity contribution in [3.63, 3.8) is 0 Å². The van der Waals surface area contributed by atoms with Gasteiger partial charge in [0.1, 0.15) is 5.69 Å². The van der Waals surface area contributed by atoms with Crippen molar-refractivity contribution in [2.45, 2.75) is 12.5 Å². The molecule has 24 heavy (non-hydrogen) atoms. The normalized spacial score (nSPS) is 17.2. The minimum absolute atomic E-state index is 0.0847. The maximum Gasteiger partial charge on any atom is 0.253 e. The van der Waals surface area contributed by atoms with Crippen LogP contribution in [0.2, 0.25) is 0 Å². The van der Waals surface area contributed by atoms with Crippen LogP contribution >= 0.6 is 0 Å². The van der Waals surface area contributed by atoms with E-state index in [1.807, 2.05) is 76.4 Å².